The number of aliphatic hydroxyl groups is 1. The summed E-state index contributed by atoms with van der Waals surface area (Å²) in [5.74, 6) is 0.826. The quantitative estimate of drug-likeness (QED) is 0.545. The van der Waals surface area contributed by atoms with Crippen molar-refractivity contribution in [3.8, 4) is 5.75 Å². The van der Waals surface area contributed by atoms with Gasteiger partial charge in [0.15, 0.2) is 0 Å². The van der Waals surface area contributed by atoms with Crippen LogP contribution in [0.1, 0.15) is 44.3 Å². The molecule has 2 nitrogen and oxygen atoms in total. The number of allylic oxidation sites excluding steroid dienone is 1. The van der Waals surface area contributed by atoms with Gasteiger partial charge in [0.1, 0.15) is 5.75 Å². The van der Waals surface area contributed by atoms with Crippen molar-refractivity contribution in [1.29, 1.82) is 0 Å². The zero-order valence-electron chi connectivity index (χ0n) is 12.7. The maximum Gasteiger partial charge on any atom is 0.132 e. The van der Waals surface area contributed by atoms with Crippen molar-refractivity contribution in [3.63, 3.8) is 0 Å². The van der Waals surface area contributed by atoms with Gasteiger partial charge in [0.25, 0.3) is 0 Å². The fourth-order valence-electron chi connectivity index (χ4n) is 2.49. The Balaban J connectivity index is 2.12. The van der Waals surface area contributed by atoms with Crippen LogP contribution in [0.25, 0.3) is 10.8 Å². The summed E-state index contributed by atoms with van der Waals surface area (Å²) in [6.07, 6.45) is 5.82. The molecule has 0 amide bonds. The molecule has 0 spiro atoms. The van der Waals surface area contributed by atoms with Crippen LogP contribution in [-0.4, -0.2) is 11.7 Å². The highest BCUT2D eigenvalue weighted by molar-refractivity contribution is 5.89. The van der Waals surface area contributed by atoms with Gasteiger partial charge in [0.05, 0.1) is 12.7 Å². The maximum absolute atomic E-state index is 9.95. The van der Waals surface area contributed by atoms with Gasteiger partial charge in [-0.2, -0.15) is 0 Å². The first-order valence-corrected chi connectivity index (χ1v) is 7.67. The Morgan fingerprint density at radius 2 is 1.95 bits per heavy atom. The van der Waals surface area contributed by atoms with Gasteiger partial charge >= 0.3 is 0 Å². The molecule has 0 bridgehead atoms. The van der Waals surface area contributed by atoms with E-state index in [9.17, 15) is 5.11 Å². The Kier molecular flexibility index (Phi) is 5.82. The van der Waals surface area contributed by atoms with E-state index < -0.39 is 6.10 Å². The summed E-state index contributed by atoms with van der Waals surface area (Å²) < 4.78 is 6.01. The molecule has 0 fully saturated rings. The lowest BCUT2D eigenvalue weighted by Crippen LogP contribution is -2.03. The van der Waals surface area contributed by atoms with Crippen molar-refractivity contribution >= 4 is 10.8 Å². The second kappa shape index (κ2) is 7.84. The third kappa shape index (κ3) is 4.08. The van der Waals surface area contributed by atoms with Gasteiger partial charge < -0.3 is 9.84 Å². The van der Waals surface area contributed by atoms with E-state index in [0.29, 0.717) is 6.61 Å². The molecule has 1 N–H and O–H groups in total. The van der Waals surface area contributed by atoms with Crippen molar-refractivity contribution in [3.05, 3.63) is 54.6 Å². The van der Waals surface area contributed by atoms with E-state index in [1.54, 1.807) is 6.92 Å². The number of hydrogen-bond acceptors (Lipinski definition) is 2. The summed E-state index contributed by atoms with van der Waals surface area (Å²) >= 11 is 0. The van der Waals surface area contributed by atoms with E-state index in [2.05, 4.69) is 12.6 Å². The number of fused-ring (bicyclic) bond motifs is 1. The smallest absolute Gasteiger partial charge is 0.132 e. The minimum Gasteiger partial charge on any atom is -0.493 e. The SMILES string of the molecule is C=CCCCCCOc1c([C@@H](C)O)ccc2ccccc12. The maximum atomic E-state index is 9.95. The first kappa shape index (κ1) is 15.6. The average Bonchev–Trinajstić information content (AvgIpc) is 2.50. The Labute approximate surface area is 127 Å². The minimum absolute atomic E-state index is 0.523. The summed E-state index contributed by atoms with van der Waals surface area (Å²) in [6.45, 7) is 6.20. The van der Waals surface area contributed by atoms with Gasteiger partial charge in [-0.25, -0.2) is 0 Å². The van der Waals surface area contributed by atoms with Gasteiger partial charge in [0.2, 0.25) is 0 Å². The summed E-state index contributed by atoms with van der Waals surface area (Å²) in [4.78, 5) is 0. The molecule has 0 saturated carbocycles. The van der Waals surface area contributed by atoms with Crippen LogP contribution in [0.5, 0.6) is 5.75 Å². The monoisotopic (exact) mass is 284 g/mol. The molecule has 0 aliphatic rings. The fourth-order valence-corrected chi connectivity index (χ4v) is 2.49. The highest BCUT2D eigenvalue weighted by Gasteiger charge is 2.12. The van der Waals surface area contributed by atoms with Gasteiger partial charge in [0, 0.05) is 10.9 Å². The van der Waals surface area contributed by atoms with Crippen LogP contribution < -0.4 is 4.74 Å². The molecule has 0 aromatic heterocycles. The van der Waals surface area contributed by atoms with Crippen LogP contribution in [0.15, 0.2) is 49.1 Å². The Morgan fingerprint density at radius 1 is 1.14 bits per heavy atom. The van der Waals surface area contributed by atoms with Gasteiger partial charge in [-0.3, -0.25) is 0 Å². The van der Waals surface area contributed by atoms with E-state index in [1.165, 1.54) is 0 Å². The number of rotatable bonds is 8. The van der Waals surface area contributed by atoms with Crippen LogP contribution in [-0.2, 0) is 0 Å². The first-order valence-electron chi connectivity index (χ1n) is 7.67. The molecule has 0 heterocycles. The molecule has 2 rings (SSSR count). The molecule has 0 radical (unpaired) electrons. The van der Waals surface area contributed by atoms with E-state index in [4.69, 9.17) is 4.74 Å². The van der Waals surface area contributed by atoms with Crippen molar-refractivity contribution in [2.45, 2.75) is 38.7 Å². The molecule has 0 aliphatic heterocycles. The lowest BCUT2D eigenvalue weighted by atomic mass is 10.0. The topological polar surface area (TPSA) is 29.5 Å². The van der Waals surface area contributed by atoms with Gasteiger partial charge in [-0.1, -0.05) is 42.5 Å². The Morgan fingerprint density at radius 3 is 2.71 bits per heavy atom. The van der Waals surface area contributed by atoms with Gasteiger partial charge in [-0.15, -0.1) is 6.58 Å². The number of unbranched alkanes of at least 4 members (excludes halogenated alkanes) is 3. The van der Waals surface area contributed by atoms with Crippen molar-refractivity contribution < 1.29 is 9.84 Å². The highest BCUT2D eigenvalue weighted by Crippen LogP contribution is 2.33. The van der Waals surface area contributed by atoms with E-state index in [1.807, 2.05) is 36.4 Å². The van der Waals surface area contributed by atoms with Crippen LogP contribution in [0.4, 0.5) is 0 Å². The lowest BCUT2D eigenvalue weighted by molar-refractivity contribution is 0.191. The minimum atomic E-state index is -0.523. The summed E-state index contributed by atoms with van der Waals surface area (Å²) in [5, 5.41) is 12.2. The summed E-state index contributed by atoms with van der Waals surface area (Å²) in [5.41, 5.74) is 0.861. The normalized spacial score (nSPS) is 12.3. The fraction of sp³-hybridized carbons (Fsp3) is 0.368. The molecule has 0 aliphatic carbocycles. The number of hydrogen-bond donors (Lipinski definition) is 1. The molecule has 0 saturated heterocycles. The van der Waals surface area contributed by atoms with Gasteiger partial charge in [-0.05, 0) is 38.0 Å². The third-order valence-corrected chi connectivity index (χ3v) is 3.66. The number of aliphatic hydroxyl groups excluding tert-OH is 1. The van der Waals surface area contributed by atoms with Crippen molar-refractivity contribution in [2.24, 2.45) is 0 Å². The summed E-state index contributed by atoms with van der Waals surface area (Å²) in [7, 11) is 0. The van der Waals surface area contributed by atoms with Crippen LogP contribution in [0.2, 0.25) is 0 Å². The molecular weight excluding hydrogens is 260 g/mol. The van der Waals surface area contributed by atoms with Crippen molar-refractivity contribution in [1.82, 2.24) is 0 Å². The third-order valence-electron chi connectivity index (χ3n) is 3.66. The molecule has 1 atom stereocenters. The first-order chi connectivity index (χ1) is 10.2. The Hall–Kier alpha value is -1.80. The van der Waals surface area contributed by atoms with Crippen LogP contribution >= 0.6 is 0 Å². The number of benzene rings is 2. The zero-order chi connectivity index (χ0) is 15.1. The largest absolute Gasteiger partial charge is 0.493 e. The van der Waals surface area contributed by atoms with Crippen LogP contribution in [0, 0.1) is 0 Å². The van der Waals surface area contributed by atoms with Crippen molar-refractivity contribution in [2.75, 3.05) is 6.61 Å². The standard InChI is InChI=1S/C19H24O2/c1-3-4-5-6-9-14-21-19-17(15(2)20)13-12-16-10-7-8-11-18(16)19/h3,7-8,10-13,15,20H,1,4-6,9,14H2,2H3/t15-/m1/s1. The van der Waals surface area contributed by atoms with E-state index in [0.717, 1.165) is 47.8 Å². The Bertz CT molecular complexity index is 587. The zero-order valence-corrected chi connectivity index (χ0v) is 12.7. The van der Waals surface area contributed by atoms with Crippen LogP contribution in [0.3, 0.4) is 0 Å². The number of ether oxygens (including phenoxy) is 1. The molecule has 0 unspecified atom stereocenters. The molecular formula is C19H24O2. The molecule has 112 valence electrons. The second-order valence-electron chi connectivity index (χ2n) is 5.37. The lowest BCUT2D eigenvalue weighted by Gasteiger charge is -2.16. The predicted octanol–water partition coefficient (Wildman–Crippen LogP) is 5.02. The van der Waals surface area contributed by atoms with E-state index >= 15 is 0 Å². The highest BCUT2D eigenvalue weighted by atomic mass is 16.5. The average molecular weight is 284 g/mol. The second-order valence-corrected chi connectivity index (χ2v) is 5.37. The molecule has 21 heavy (non-hydrogen) atoms. The predicted molar refractivity (Wildman–Crippen MR) is 88.7 cm³/mol. The molecule has 2 aromatic rings. The van der Waals surface area contributed by atoms with E-state index in [-0.39, 0.29) is 0 Å². The summed E-state index contributed by atoms with van der Waals surface area (Å²) in [6, 6.07) is 12.1. The molecule has 2 aromatic carbocycles. The molecule has 2 heteroatoms.